The Balaban J connectivity index is 0. The molecule has 0 rings (SSSR count). The highest BCUT2D eigenvalue weighted by Gasteiger charge is 1.90. The topological polar surface area (TPSA) is 18.6 Å². The first-order chi connectivity index (χ1) is 5.13. The molecule has 0 radical (unpaired) electrons. The van der Waals surface area contributed by atoms with Crippen LogP contribution in [0.15, 0.2) is 4.99 Å². The maximum Gasteiger partial charge on any atom is 0.305 e. The molecule has 0 bridgehead atoms. The Morgan fingerprint density at radius 1 is 1.33 bits per heavy atom. The summed E-state index contributed by atoms with van der Waals surface area (Å²) in [5, 5.41) is 0. The zero-order chi connectivity index (χ0) is 8.69. The lowest BCUT2D eigenvalue weighted by molar-refractivity contribution is -0.457. The van der Waals surface area contributed by atoms with Gasteiger partial charge in [0.05, 0.1) is 14.1 Å². The molecule has 0 N–H and O–H groups in total. The molecule has 0 fully saturated rings. The molecule has 0 saturated heterocycles. The molecule has 0 atom stereocenters. The molecule has 0 spiro atoms. The van der Waals surface area contributed by atoms with Crippen molar-refractivity contribution >= 4 is 18.4 Å². The first kappa shape index (κ1) is 14.2. The van der Waals surface area contributed by atoms with Gasteiger partial charge < -0.3 is 4.90 Å². The van der Waals surface area contributed by atoms with E-state index in [1.54, 1.807) is 0 Å². The first-order valence-corrected chi connectivity index (χ1v) is 3.87. The summed E-state index contributed by atoms with van der Waals surface area (Å²) in [7, 11) is 7.99. The molecule has 4 heteroatoms. The number of rotatable bonds is 4. The van der Waals surface area contributed by atoms with Gasteiger partial charge in [0, 0.05) is 13.0 Å². The lowest BCUT2D eigenvalue weighted by atomic mass is 10.4. The monoisotopic (exact) mass is 192 g/mol. The van der Waals surface area contributed by atoms with Gasteiger partial charge in [-0.2, -0.15) is 0 Å². The Morgan fingerprint density at radius 2 is 1.92 bits per heavy atom. The Hall–Kier alpha value is -0.370. The smallest absolute Gasteiger partial charge is 0.305 e. The van der Waals surface area contributed by atoms with Crippen molar-refractivity contribution in [3.8, 4) is 0 Å². The van der Waals surface area contributed by atoms with Gasteiger partial charge in [-0.1, -0.05) is 0 Å². The van der Waals surface area contributed by atoms with Crippen LogP contribution >= 0.6 is 12.4 Å². The van der Waals surface area contributed by atoms with E-state index in [0.29, 0.717) is 0 Å². The van der Waals surface area contributed by atoms with Gasteiger partial charge in [-0.15, -0.1) is 12.4 Å². The maximum atomic E-state index is 4.09. The third-order valence-electron chi connectivity index (χ3n) is 1.15. The van der Waals surface area contributed by atoms with Crippen LogP contribution in [0.4, 0.5) is 0 Å². The average molecular weight is 193 g/mol. The molecular formula is C8H19ClN3+. The average Bonchev–Trinajstić information content (AvgIpc) is 1.85. The molecule has 0 aliphatic rings. The van der Waals surface area contributed by atoms with Gasteiger partial charge in [-0.25, -0.2) is 4.58 Å². The van der Waals surface area contributed by atoms with Crippen LogP contribution in [-0.2, 0) is 0 Å². The molecule has 12 heavy (non-hydrogen) atoms. The van der Waals surface area contributed by atoms with Crippen LogP contribution < -0.4 is 0 Å². The Bertz CT molecular complexity index is 156. The second-order valence-electron chi connectivity index (χ2n) is 3.03. The summed E-state index contributed by atoms with van der Waals surface area (Å²) in [6.07, 6.45) is 1.10. The molecule has 0 saturated carbocycles. The van der Waals surface area contributed by atoms with Crippen LogP contribution in [-0.4, -0.2) is 56.8 Å². The minimum atomic E-state index is 0. The summed E-state index contributed by atoms with van der Waals surface area (Å²) in [6, 6.07) is 2.86. The predicted octanol–water partition coefficient (Wildman–Crippen LogP) is 0.806. The van der Waals surface area contributed by atoms with Crippen molar-refractivity contribution in [1.29, 1.82) is 0 Å². The molecule has 0 aromatic carbocycles. The fraction of sp³-hybridized carbons (Fsp3) is 0.875. The molecule has 0 amide bonds. The summed E-state index contributed by atoms with van der Waals surface area (Å²) in [4.78, 5) is 6.25. The van der Waals surface area contributed by atoms with Crippen molar-refractivity contribution < 1.29 is 4.58 Å². The maximum absolute atomic E-state index is 4.09. The number of nitrogens with zero attached hydrogens (tertiary/aromatic N) is 3. The lowest BCUT2D eigenvalue weighted by Gasteiger charge is -2.04. The standard InChI is InChI=1S/C8H18N3.ClH/c1-10(2)7-5-6-9-8-11(3)4;/h5-7H2,1-4H3;1H/q+1;. The second kappa shape index (κ2) is 8.72. The van der Waals surface area contributed by atoms with Gasteiger partial charge in [0.2, 0.25) is 0 Å². The molecule has 0 aliphatic carbocycles. The summed E-state index contributed by atoms with van der Waals surface area (Å²) < 4.78 is 1.83. The van der Waals surface area contributed by atoms with E-state index in [2.05, 4.69) is 30.0 Å². The predicted molar refractivity (Wildman–Crippen MR) is 54.8 cm³/mol. The van der Waals surface area contributed by atoms with Crippen molar-refractivity contribution in [2.24, 2.45) is 4.99 Å². The van der Waals surface area contributed by atoms with Crippen LogP contribution in [0.25, 0.3) is 0 Å². The summed E-state index contributed by atoms with van der Waals surface area (Å²) >= 11 is 0. The largest absolute Gasteiger partial charge is 0.309 e. The van der Waals surface area contributed by atoms with Gasteiger partial charge in [0.15, 0.2) is 0 Å². The SMILES string of the molecule is CN(C)CCCN=C=[N+](C)C.Cl. The first-order valence-electron chi connectivity index (χ1n) is 3.87. The third kappa shape index (κ3) is 12.3. The molecule has 0 aromatic rings. The van der Waals surface area contributed by atoms with E-state index >= 15 is 0 Å². The zero-order valence-corrected chi connectivity index (χ0v) is 9.19. The van der Waals surface area contributed by atoms with Gasteiger partial charge in [0.1, 0.15) is 6.54 Å². The van der Waals surface area contributed by atoms with Crippen LogP contribution in [0.5, 0.6) is 0 Å². The number of hydrogen-bond donors (Lipinski definition) is 0. The minimum Gasteiger partial charge on any atom is -0.309 e. The highest BCUT2D eigenvalue weighted by atomic mass is 35.5. The highest BCUT2D eigenvalue weighted by molar-refractivity contribution is 5.85. The Morgan fingerprint density at radius 3 is 2.33 bits per heavy atom. The lowest BCUT2D eigenvalue weighted by Crippen LogP contribution is -2.13. The van der Waals surface area contributed by atoms with E-state index in [1.165, 1.54) is 0 Å². The molecule has 0 unspecified atom stereocenters. The van der Waals surface area contributed by atoms with Gasteiger partial charge in [0.25, 0.3) is 0 Å². The normalized spacial score (nSPS) is 8.75. The summed E-state index contributed by atoms with van der Waals surface area (Å²) in [6.45, 7) is 1.97. The molecule has 3 nitrogen and oxygen atoms in total. The minimum absolute atomic E-state index is 0. The fourth-order valence-electron chi connectivity index (χ4n) is 0.657. The highest BCUT2D eigenvalue weighted by Crippen LogP contribution is 1.82. The van der Waals surface area contributed by atoms with Crippen molar-refractivity contribution in [1.82, 2.24) is 4.90 Å². The summed E-state index contributed by atoms with van der Waals surface area (Å²) in [5.41, 5.74) is 0. The molecule has 0 aromatic heterocycles. The molecule has 0 heterocycles. The fourth-order valence-corrected chi connectivity index (χ4v) is 0.657. The summed E-state index contributed by atoms with van der Waals surface area (Å²) in [5.74, 6) is 0. The quantitative estimate of drug-likeness (QED) is 0.367. The van der Waals surface area contributed by atoms with E-state index in [1.807, 2.05) is 18.7 Å². The van der Waals surface area contributed by atoms with E-state index in [4.69, 9.17) is 0 Å². The number of aliphatic imine (C=N–C) groups is 1. The van der Waals surface area contributed by atoms with E-state index in [9.17, 15) is 0 Å². The van der Waals surface area contributed by atoms with E-state index in [-0.39, 0.29) is 12.4 Å². The second-order valence-corrected chi connectivity index (χ2v) is 3.03. The van der Waals surface area contributed by atoms with Crippen molar-refractivity contribution in [2.45, 2.75) is 6.42 Å². The van der Waals surface area contributed by atoms with Crippen LogP contribution in [0.1, 0.15) is 6.42 Å². The zero-order valence-electron chi connectivity index (χ0n) is 8.37. The van der Waals surface area contributed by atoms with Crippen molar-refractivity contribution in [2.75, 3.05) is 41.3 Å². The van der Waals surface area contributed by atoms with Gasteiger partial charge in [-0.05, 0) is 19.1 Å². The van der Waals surface area contributed by atoms with E-state index < -0.39 is 0 Å². The van der Waals surface area contributed by atoms with Crippen LogP contribution in [0.2, 0.25) is 0 Å². The number of halogens is 1. The van der Waals surface area contributed by atoms with Gasteiger partial charge >= 0.3 is 6.01 Å². The number of hydrogen-bond acceptors (Lipinski definition) is 2. The van der Waals surface area contributed by atoms with Crippen molar-refractivity contribution in [3.05, 3.63) is 0 Å². The van der Waals surface area contributed by atoms with Gasteiger partial charge in [-0.3, -0.25) is 0 Å². The Labute approximate surface area is 81.2 Å². The van der Waals surface area contributed by atoms with Crippen LogP contribution in [0, 0.1) is 0 Å². The van der Waals surface area contributed by atoms with Crippen LogP contribution in [0.3, 0.4) is 0 Å². The molecule has 0 aliphatic heterocycles. The van der Waals surface area contributed by atoms with E-state index in [0.717, 1.165) is 19.5 Å². The molecular weight excluding hydrogens is 174 g/mol. The van der Waals surface area contributed by atoms with Crippen molar-refractivity contribution in [3.63, 3.8) is 0 Å². The molecule has 72 valence electrons. The Kier molecular flexibility index (Phi) is 10.3. The third-order valence-corrected chi connectivity index (χ3v) is 1.15.